The van der Waals surface area contributed by atoms with Gasteiger partial charge < -0.3 is 15.0 Å². The van der Waals surface area contributed by atoms with E-state index in [-0.39, 0.29) is 19.1 Å². The quantitative estimate of drug-likeness (QED) is 0.733. The van der Waals surface area contributed by atoms with Crippen LogP contribution in [0, 0.1) is 0 Å². The molecule has 0 unspecified atom stereocenters. The summed E-state index contributed by atoms with van der Waals surface area (Å²) in [7, 11) is 1.66. The molecule has 0 fully saturated rings. The molecule has 7 heteroatoms. The van der Waals surface area contributed by atoms with E-state index in [1.807, 2.05) is 6.92 Å². The number of likely N-dealkylation sites (N-methyl/N-ethyl adjacent to an activating group) is 1. The first-order valence-corrected chi connectivity index (χ1v) is 7.75. The molecule has 0 aliphatic heterocycles. The monoisotopic (exact) mass is 340 g/mol. The number of unbranched alkanes of at least 4 members (excludes halogenated alkanes) is 1. The number of rotatable bonds is 8. The van der Waals surface area contributed by atoms with Gasteiger partial charge in [0.2, 0.25) is 0 Å². The molecule has 1 aromatic rings. The fourth-order valence-electron chi connectivity index (χ4n) is 1.68. The minimum Gasteiger partial charge on any atom is -0.454 e. The summed E-state index contributed by atoms with van der Waals surface area (Å²) in [5.41, 5.74) is 0.387. The SMILES string of the molecule is CCCCN(C)C(=O)COC(=O)CNC(=O)c1ccc(Cl)cc1. The number of nitrogens with one attached hydrogen (secondary N) is 1. The molecular formula is C16H21ClN2O4. The molecule has 1 N–H and O–H groups in total. The third-order valence-electron chi connectivity index (χ3n) is 3.13. The second kappa shape index (κ2) is 9.84. The largest absolute Gasteiger partial charge is 0.454 e. The molecule has 0 radical (unpaired) electrons. The van der Waals surface area contributed by atoms with Crippen LogP contribution in [0.2, 0.25) is 5.02 Å². The van der Waals surface area contributed by atoms with Crippen molar-refractivity contribution in [2.24, 2.45) is 0 Å². The van der Waals surface area contributed by atoms with Gasteiger partial charge in [-0.05, 0) is 30.7 Å². The van der Waals surface area contributed by atoms with Crippen LogP contribution >= 0.6 is 11.6 Å². The summed E-state index contributed by atoms with van der Waals surface area (Å²) < 4.78 is 4.84. The minimum absolute atomic E-state index is 0.268. The first-order valence-electron chi connectivity index (χ1n) is 7.37. The average molecular weight is 341 g/mol. The Morgan fingerprint density at radius 1 is 1.22 bits per heavy atom. The van der Waals surface area contributed by atoms with Crippen LogP contribution in [0.1, 0.15) is 30.1 Å². The zero-order valence-electron chi connectivity index (χ0n) is 13.3. The number of amides is 2. The highest BCUT2D eigenvalue weighted by Crippen LogP contribution is 2.09. The van der Waals surface area contributed by atoms with Gasteiger partial charge in [0.05, 0.1) is 0 Å². The van der Waals surface area contributed by atoms with Crippen LogP contribution in [-0.4, -0.2) is 49.4 Å². The van der Waals surface area contributed by atoms with Gasteiger partial charge in [-0.1, -0.05) is 24.9 Å². The summed E-state index contributed by atoms with van der Waals surface area (Å²) in [6, 6.07) is 6.27. The highest BCUT2D eigenvalue weighted by molar-refractivity contribution is 6.30. The number of hydrogen-bond acceptors (Lipinski definition) is 4. The van der Waals surface area contributed by atoms with Gasteiger partial charge >= 0.3 is 5.97 Å². The normalized spacial score (nSPS) is 10.0. The Morgan fingerprint density at radius 2 is 1.87 bits per heavy atom. The van der Waals surface area contributed by atoms with Crippen molar-refractivity contribution in [1.82, 2.24) is 10.2 Å². The lowest BCUT2D eigenvalue weighted by Gasteiger charge is -2.16. The van der Waals surface area contributed by atoms with Crippen molar-refractivity contribution in [2.75, 3.05) is 26.7 Å². The van der Waals surface area contributed by atoms with Gasteiger partial charge in [0.25, 0.3) is 11.8 Å². The van der Waals surface area contributed by atoms with Crippen LogP contribution in [-0.2, 0) is 14.3 Å². The Bertz CT molecular complexity index is 546. The summed E-state index contributed by atoms with van der Waals surface area (Å²) in [4.78, 5) is 36.5. The van der Waals surface area contributed by atoms with E-state index in [2.05, 4.69) is 5.32 Å². The van der Waals surface area contributed by atoms with Crippen molar-refractivity contribution in [1.29, 1.82) is 0 Å². The van der Waals surface area contributed by atoms with Gasteiger partial charge in [-0.25, -0.2) is 0 Å². The highest BCUT2D eigenvalue weighted by Gasteiger charge is 2.13. The number of hydrogen-bond donors (Lipinski definition) is 1. The molecule has 0 saturated heterocycles. The zero-order chi connectivity index (χ0) is 17.2. The van der Waals surface area contributed by atoms with E-state index in [9.17, 15) is 14.4 Å². The van der Waals surface area contributed by atoms with E-state index in [0.29, 0.717) is 17.1 Å². The van der Waals surface area contributed by atoms with Gasteiger partial charge in [0.1, 0.15) is 6.54 Å². The molecule has 6 nitrogen and oxygen atoms in total. The first kappa shape index (κ1) is 19.0. The summed E-state index contributed by atoms with van der Waals surface area (Å²) >= 11 is 5.73. The minimum atomic E-state index is -0.662. The van der Waals surface area contributed by atoms with Gasteiger partial charge in [-0.2, -0.15) is 0 Å². The summed E-state index contributed by atoms with van der Waals surface area (Å²) in [6.07, 6.45) is 1.88. The van der Waals surface area contributed by atoms with Gasteiger partial charge in [0, 0.05) is 24.2 Å². The molecule has 0 aliphatic rings. The molecule has 23 heavy (non-hydrogen) atoms. The standard InChI is InChI=1S/C16H21ClN2O4/c1-3-4-9-19(2)14(20)11-23-15(21)10-18-16(22)12-5-7-13(17)8-6-12/h5-8H,3-4,9-11H2,1-2H3,(H,18,22). The molecule has 0 aromatic heterocycles. The van der Waals surface area contributed by atoms with Crippen LogP contribution in [0.5, 0.6) is 0 Å². The lowest BCUT2D eigenvalue weighted by Crippen LogP contribution is -2.35. The van der Waals surface area contributed by atoms with Gasteiger partial charge in [0.15, 0.2) is 6.61 Å². The molecule has 1 aromatic carbocycles. The maximum atomic E-state index is 11.8. The molecule has 0 atom stereocenters. The Morgan fingerprint density at radius 3 is 2.48 bits per heavy atom. The second-order valence-electron chi connectivity index (χ2n) is 5.02. The summed E-state index contributed by atoms with van der Waals surface area (Å²) in [6.45, 7) is 2.03. The predicted molar refractivity (Wildman–Crippen MR) is 87.3 cm³/mol. The van der Waals surface area contributed by atoms with Crippen molar-refractivity contribution in [3.8, 4) is 0 Å². The van der Waals surface area contributed by atoms with Crippen molar-refractivity contribution in [3.63, 3.8) is 0 Å². The third kappa shape index (κ3) is 7.15. The van der Waals surface area contributed by atoms with E-state index in [1.165, 1.54) is 4.90 Å². The third-order valence-corrected chi connectivity index (χ3v) is 3.38. The smallest absolute Gasteiger partial charge is 0.325 e. The average Bonchev–Trinajstić information content (AvgIpc) is 2.55. The summed E-state index contributed by atoms with van der Waals surface area (Å²) in [5.74, 6) is -1.34. The molecule has 0 bridgehead atoms. The maximum Gasteiger partial charge on any atom is 0.325 e. The number of carbonyl (C=O) groups is 3. The van der Waals surface area contributed by atoms with Crippen molar-refractivity contribution in [2.45, 2.75) is 19.8 Å². The molecule has 0 aliphatic carbocycles. The fraction of sp³-hybridized carbons (Fsp3) is 0.438. The molecule has 0 spiro atoms. The van der Waals surface area contributed by atoms with Crippen molar-refractivity contribution in [3.05, 3.63) is 34.9 Å². The number of esters is 1. The molecular weight excluding hydrogens is 320 g/mol. The predicted octanol–water partition coefficient (Wildman–Crippen LogP) is 1.87. The molecule has 126 valence electrons. The second-order valence-corrected chi connectivity index (χ2v) is 5.46. The van der Waals surface area contributed by atoms with E-state index >= 15 is 0 Å². The van der Waals surface area contributed by atoms with Crippen LogP contribution in [0.15, 0.2) is 24.3 Å². The number of nitrogens with zero attached hydrogens (tertiary/aromatic N) is 1. The number of ether oxygens (including phenoxy) is 1. The number of carbonyl (C=O) groups excluding carboxylic acids is 3. The van der Waals surface area contributed by atoms with Gasteiger partial charge in [-0.15, -0.1) is 0 Å². The molecule has 2 amide bonds. The lowest BCUT2D eigenvalue weighted by molar-refractivity contribution is -0.150. The topological polar surface area (TPSA) is 75.7 Å². The van der Waals surface area contributed by atoms with E-state index in [0.717, 1.165) is 12.8 Å². The number of halogens is 1. The lowest BCUT2D eigenvalue weighted by atomic mass is 10.2. The zero-order valence-corrected chi connectivity index (χ0v) is 14.1. The van der Waals surface area contributed by atoms with Crippen LogP contribution in [0.4, 0.5) is 0 Å². The van der Waals surface area contributed by atoms with E-state index < -0.39 is 11.9 Å². The van der Waals surface area contributed by atoms with Crippen molar-refractivity contribution < 1.29 is 19.1 Å². The van der Waals surface area contributed by atoms with Crippen molar-refractivity contribution >= 4 is 29.4 Å². The van der Waals surface area contributed by atoms with Crippen LogP contribution in [0.3, 0.4) is 0 Å². The maximum absolute atomic E-state index is 11.8. The van der Waals surface area contributed by atoms with Gasteiger partial charge in [-0.3, -0.25) is 14.4 Å². The molecule has 0 heterocycles. The summed E-state index contributed by atoms with van der Waals surface area (Å²) in [5, 5.41) is 2.94. The fourth-order valence-corrected chi connectivity index (χ4v) is 1.81. The Labute approximate surface area is 140 Å². The molecule has 0 saturated carbocycles. The molecule has 1 rings (SSSR count). The Kier molecular flexibility index (Phi) is 8.11. The van der Waals surface area contributed by atoms with E-state index in [1.54, 1.807) is 31.3 Å². The van der Waals surface area contributed by atoms with Crippen LogP contribution < -0.4 is 5.32 Å². The Hall–Kier alpha value is -2.08. The highest BCUT2D eigenvalue weighted by atomic mass is 35.5. The number of benzene rings is 1. The van der Waals surface area contributed by atoms with Crippen LogP contribution in [0.25, 0.3) is 0 Å². The van der Waals surface area contributed by atoms with E-state index in [4.69, 9.17) is 16.3 Å². The first-order chi connectivity index (χ1) is 10.9. The Balaban J connectivity index is 2.30.